The maximum Gasteiger partial charge on any atom is 0.137 e. The third kappa shape index (κ3) is 3.15. The minimum absolute atomic E-state index is 0.0838. The summed E-state index contributed by atoms with van der Waals surface area (Å²) in [5.74, 6) is 0.717. The monoisotopic (exact) mass is 265 g/mol. The number of hydrogen-bond acceptors (Lipinski definition) is 3. The topological polar surface area (TPSA) is 25.2 Å². The van der Waals surface area contributed by atoms with Gasteiger partial charge in [-0.3, -0.25) is 0 Å². The van der Waals surface area contributed by atoms with Crippen LogP contribution in [0.2, 0.25) is 0 Å². The molecule has 18 heavy (non-hydrogen) atoms. The van der Waals surface area contributed by atoms with Crippen molar-refractivity contribution in [1.29, 1.82) is 0 Å². The molecule has 2 aromatic rings. The predicted octanol–water partition coefficient (Wildman–Crippen LogP) is 3.99. The molecule has 0 spiro atoms. The van der Waals surface area contributed by atoms with Gasteiger partial charge in [-0.25, -0.2) is 4.39 Å². The number of hydrogen-bond donors (Lipinski definition) is 1. The Morgan fingerprint density at radius 3 is 2.83 bits per heavy atom. The zero-order valence-electron chi connectivity index (χ0n) is 10.4. The van der Waals surface area contributed by atoms with E-state index in [9.17, 15) is 4.39 Å². The first-order valence-electron chi connectivity index (χ1n) is 5.80. The Morgan fingerprint density at radius 1 is 1.39 bits per heavy atom. The van der Waals surface area contributed by atoms with Gasteiger partial charge in [-0.1, -0.05) is 6.07 Å². The van der Waals surface area contributed by atoms with Crippen molar-refractivity contribution in [3.8, 4) is 0 Å². The van der Waals surface area contributed by atoms with E-state index in [0.29, 0.717) is 11.4 Å². The van der Waals surface area contributed by atoms with Gasteiger partial charge in [0.2, 0.25) is 0 Å². The highest BCUT2D eigenvalue weighted by atomic mass is 32.2. The predicted molar refractivity (Wildman–Crippen MR) is 72.1 cm³/mol. The summed E-state index contributed by atoms with van der Waals surface area (Å²) in [5, 5.41) is 3.30. The van der Waals surface area contributed by atoms with Crippen LogP contribution >= 0.6 is 11.8 Å². The summed E-state index contributed by atoms with van der Waals surface area (Å²) in [6, 6.07) is 9.22. The quantitative estimate of drug-likeness (QED) is 0.827. The molecule has 0 aliphatic heterocycles. The molecule has 0 bridgehead atoms. The number of halogens is 1. The molecule has 0 fully saturated rings. The molecule has 0 radical (unpaired) electrons. The average molecular weight is 265 g/mol. The lowest BCUT2D eigenvalue weighted by atomic mass is 10.1. The Morgan fingerprint density at radius 2 is 2.22 bits per heavy atom. The van der Waals surface area contributed by atoms with Gasteiger partial charge in [0.25, 0.3) is 0 Å². The fourth-order valence-electron chi connectivity index (χ4n) is 1.74. The minimum Gasteiger partial charge on any atom is -0.468 e. The van der Waals surface area contributed by atoms with Gasteiger partial charge < -0.3 is 9.73 Å². The van der Waals surface area contributed by atoms with Crippen molar-refractivity contribution >= 4 is 11.8 Å². The largest absolute Gasteiger partial charge is 0.468 e. The first-order valence-corrected chi connectivity index (χ1v) is 7.02. The first kappa shape index (κ1) is 13.2. The van der Waals surface area contributed by atoms with Crippen LogP contribution in [0.25, 0.3) is 0 Å². The summed E-state index contributed by atoms with van der Waals surface area (Å²) >= 11 is 1.42. The van der Waals surface area contributed by atoms with Crippen LogP contribution in [-0.2, 0) is 6.54 Å². The fraction of sp³-hybridized carbons (Fsp3) is 0.286. The SMILES string of the molecule is CSc1ccc([C@H](C)NCc2ccco2)cc1F. The molecule has 0 saturated carbocycles. The molecule has 1 aromatic heterocycles. The van der Waals surface area contributed by atoms with Crippen LogP contribution in [0.1, 0.15) is 24.3 Å². The Bertz CT molecular complexity index is 499. The lowest BCUT2D eigenvalue weighted by molar-refractivity contribution is 0.459. The van der Waals surface area contributed by atoms with Crippen molar-refractivity contribution in [3.63, 3.8) is 0 Å². The fourth-order valence-corrected chi connectivity index (χ4v) is 2.19. The minimum atomic E-state index is -0.161. The van der Waals surface area contributed by atoms with E-state index in [1.54, 1.807) is 12.3 Å². The lowest BCUT2D eigenvalue weighted by Gasteiger charge is -2.14. The lowest BCUT2D eigenvalue weighted by Crippen LogP contribution is -2.17. The van der Waals surface area contributed by atoms with Crippen LogP contribution in [0.4, 0.5) is 4.39 Å². The molecule has 1 aromatic carbocycles. The molecule has 0 saturated heterocycles. The van der Waals surface area contributed by atoms with Crippen LogP contribution in [0, 0.1) is 5.82 Å². The zero-order valence-corrected chi connectivity index (χ0v) is 11.3. The maximum atomic E-state index is 13.7. The number of thioether (sulfide) groups is 1. The highest BCUT2D eigenvalue weighted by molar-refractivity contribution is 7.98. The van der Waals surface area contributed by atoms with E-state index in [1.165, 1.54) is 11.8 Å². The molecule has 1 N–H and O–H groups in total. The van der Waals surface area contributed by atoms with Crippen LogP contribution < -0.4 is 5.32 Å². The summed E-state index contributed by atoms with van der Waals surface area (Å²) in [6.45, 7) is 2.65. The summed E-state index contributed by atoms with van der Waals surface area (Å²) in [5.41, 5.74) is 0.942. The van der Waals surface area contributed by atoms with Gasteiger partial charge in [0.05, 0.1) is 12.8 Å². The highest BCUT2D eigenvalue weighted by Gasteiger charge is 2.09. The second-order valence-corrected chi connectivity index (χ2v) is 4.92. The van der Waals surface area contributed by atoms with Gasteiger partial charge in [0.1, 0.15) is 11.6 Å². The van der Waals surface area contributed by atoms with Crippen molar-refractivity contribution in [2.75, 3.05) is 6.26 Å². The van der Waals surface area contributed by atoms with Crippen molar-refractivity contribution in [2.45, 2.75) is 24.4 Å². The number of rotatable bonds is 5. The second kappa shape index (κ2) is 6.07. The standard InChI is InChI=1S/C14H16FNOS/c1-10(16-9-12-4-3-7-17-12)11-5-6-14(18-2)13(15)8-11/h3-8,10,16H,9H2,1-2H3/t10-/m0/s1. The molecule has 0 amide bonds. The molecule has 96 valence electrons. The molecule has 0 unspecified atom stereocenters. The molecule has 0 aliphatic carbocycles. The van der Waals surface area contributed by atoms with E-state index in [-0.39, 0.29) is 11.9 Å². The third-order valence-corrected chi connectivity index (χ3v) is 3.61. The third-order valence-electron chi connectivity index (χ3n) is 2.84. The van der Waals surface area contributed by atoms with Crippen molar-refractivity contribution in [3.05, 3.63) is 53.7 Å². The van der Waals surface area contributed by atoms with Crippen molar-refractivity contribution in [1.82, 2.24) is 5.32 Å². The molecule has 2 nitrogen and oxygen atoms in total. The number of nitrogens with one attached hydrogen (secondary N) is 1. The summed E-state index contributed by atoms with van der Waals surface area (Å²) in [7, 11) is 0. The van der Waals surface area contributed by atoms with E-state index in [1.807, 2.05) is 37.4 Å². The van der Waals surface area contributed by atoms with Gasteiger partial charge in [-0.2, -0.15) is 0 Å². The van der Waals surface area contributed by atoms with E-state index in [4.69, 9.17) is 4.42 Å². The van der Waals surface area contributed by atoms with Crippen LogP contribution in [-0.4, -0.2) is 6.26 Å². The van der Waals surface area contributed by atoms with Crippen LogP contribution in [0.5, 0.6) is 0 Å². The molecule has 2 rings (SSSR count). The summed E-state index contributed by atoms with van der Waals surface area (Å²) in [6.07, 6.45) is 3.52. The molecule has 1 heterocycles. The Labute approximate surface area is 111 Å². The van der Waals surface area contributed by atoms with Gasteiger partial charge in [-0.05, 0) is 43.0 Å². The Balaban J connectivity index is 2.00. The van der Waals surface area contributed by atoms with E-state index < -0.39 is 0 Å². The summed E-state index contributed by atoms with van der Waals surface area (Å²) in [4.78, 5) is 0.678. The van der Waals surface area contributed by atoms with Crippen molar-refractivity contribution < 1.29 is 8.81 Å². The number of benzene rings is 1. The Hall–Kier alpha value is -1.26. The first-order chi connectivity index (χ1) is 8.70. The average Bonchev–Trinajstić information content (AvgIpc) is 2.89. The normalized spacial score (nSPS) is 12.6. The highest BCUT2D eigenvalue weighted by Crippen LogP contribution is 2.23. The maximum absolute atomic E-state index is 13.7. The van der Waals surface area contributed by atoms with Gasteiger partial charge in [0.15, 0.2) is 0 Å². The number of furan rings is 1. The van der Waals surface area contributed by atoms with Gasteiger partial charge in [0, 0.05) is 10.9 Å². The van der Waals surface area contributed by atoms with E-state index in [2.05, 4.69) is 5.32 Å². The van der Waals surface area contributed by atoms with E-state index in [0.717, 1.165) is 11.3 Å². The molecular weight excluding hydrogens is 249 g/mol. The van der Waals surface area contributed by atoms with E-state index >= 15 is 0 Å². The van der Waals surface area contributed by atoms with Gasteiger partial charge in [-0.15, -0.1) is 11.8 Å². The molecule has 0 aliphatic rings. The smallest absolute Gasteiger partial charge is 0.137 e. The Kier molecular flexibility index (Phi) is 4.44. The van der Waals surface area contributed by atoms with Gasteiger partial charge >= 0.3 is 0 Å². The second-order valence-electron chi connectivity index (χ2n) is 4.08. The van der Waals surface area contributed by atoms with Crippen LogP contribution in [0.15, 0.2) is 45.9 Å². The van der Waals surface area contributed by atoms with Crippen LogP contribution in [0.3, 0.4) is 0 Å². The molecule has 4 heteroatoms. The summed E-state index contributed by atoms with van der Waals surface area (Å²) < 4.78 is 18.9. The molecular formula is C14H16FNOS. The zero-order chi connectivity index (χ0) is 13.0. The van der Waals surface area contributed by atoms with Crippen molar-refractivity contribution in [2.24, 2.45) is 0 Å². The molecule has 1 atom stereocenters.